The topological polar surface area (TPSA) is 70.4 Å². The van der Waals surface area contributed by atoms with Gasteiger partial charge in [-0.2, -0.15) is 18.3 Å². The first-order valence-electron chi connectivity index (χ1n) is 11.2. The van der Waals surface area contributed by atoms with Crippen LogP contribution in [-0.2, 0) is 11.3 Å². The number of alkyl halides is 3. The Bertz CT molecular complexity index is 972. The normalized spacial score (nSPS) is 19.8. The van der Waals surface area contributed by atoms with E-state index in [-0.39, 0.29) is 12.5 Å². The second-order valence-corrected chi connectivity index (χ2v) is 8.83. The summed E-state index contributed by atoms with van der Waals surface area (Å²) in [5.74, 6) is -0.361. The molecule has 0 unspecified atom stereocenters. The van der Waals surface area contributed by atoms with Gasteiger partial charge in [0.25, 0.3) is 0 Å². The number of hydrogen-bond acceptors (Lipinski definition) is 4. The van der Waals surface area contributed by atoms with Gasteiger partial charge in [0.2, 0.25) is 0 Å². The van der Waals surface area contributed by atoms with Gasteiger partial charge in [-0.3, -0.25) is 14.4 Å². The van der Waals surface area contributed by atoms with E-state index in [9.17, 15) is 18.0 Å². The minimum Gasteiger partial charge on any atom is -0.480 e. The van der Waals surface area contributed by atoms with Crippen molar-refractivity contribution in [2.24, 2.45) is 5.92 Å². The Morgan fingerprint density at radius 3 is 2.56 bits per heavy atom. The highest BCUT2D eigenvalue weighted by atomic mass is 19.4. The molecule has 174 valence electrons. The van der Waals surface area contributed by atoms with Crippen molar-refractivity contribution in [3.8, 4) is 0 Å². The first-order valence-corrected chi connectivity index (χ1v) is 11.2. The highest BCUT2D eigenvalue weighted by Crippen LogP contribution is 2.34. The highest BCUT2D eigenvalue weighted by molar-refractivity contribution is 5.85. The van der Waals surface area contributed by atoms with E-state index in [0.29, 0.717) is 43.1 Å². The van der Waals surface area contributed by atoms with E-state index in [1.165, 1.54) is 0 Å². The van der Waals surface area contributed by atoms with Gasteiger partial charge in [0.15, 0.2) is 0 Å². The summed E-state index contributed by atoms with van der Waals surface area (Å²) in [5, 5.41) is 17.5. The molecule has 9 heteroatoms. The van der Waals surface area contributed by atoms with Gasteiger partial charge in [0, 0.05) is 11.3 Å². The number of allylic oxidation sites excluding steroid dienone is 1. The molecule has 2 aliphatic rings. The Balaban J connectivity index is 1.59. The third-order valence-electron chi connectivity index (χ3n) is 6.41. The molecule has 2 N–H and O–H groups in total. The van der Waals surface area contributed by atoms with E-state index >= 15 is 0 Å². The second-order valence-electron chi connectivity index (χ2n) is 8.83. The number of benzene rings is 1. The number of hydrogen-bond donors (Lipinski definition) is 2. The van der Waals surface area contributed by atoms with E-state index in [1.807, 2.05) is 23.1 Å². The van der Waals surface area contributed by atoms with E-state index < -0.39 is 18.7 Å². The van der Waals surface area contributed by atoms with Crippen LogP contribution in [0.3, 0.4) is 0 Å². The number of nitrogens with one attached hydrogen (secondary N) is 1. The molecule has 2 aromatic rings. The number of piperidine rings is 2. The van der Waals surface area contributed by atoms with Crippen LogP contribution in [0.1, 0.15) is 42.9 Å². The van der Waals surface area contributed by atoms with Crippen molar-refractivity contribution in [1.82, 2.24) is 20.0 Å². The lowest BCUT2D eigenvalue weighted by Gasteiger charge is -2.30. The smallest absolute Gasteiger partial charge is 0.408 e. The zero-order chi connectivity index (χ0) is 22.7. The number of aliphatic carboxylic acids is 1. The fourth-order valence-electron chi connectivity index (χ4n) is 4.75. The zero-order valence-electron chi connectivity index (χ0n) is 17.9. The Labute approximate surface area is 185 Å². The van der Waals surface area contributed by atoms with Crippen LogP contribution in [-0.4, -0.2) is 64.7 Å². The van der Waals surface area contributed by atoms with Crippen molar-refractivity contribution < 1.29 is 23.1 Å². The predicted octanol–water partition coefficient (Wildman–Crippen LogP) is 3.88. The van der Waals surface area contributed by atoms with Crippen LogP contribution >= 0.6 is 0 Å². The Morgan fingerprint density at radius 2 is 1.91 bits per heavy atom. The summed E-state index contributed by atoms with van der Waals surface area (Å²) < 4.78 is 40.8. The molecule has 0 atom stereocenters. The van der Waals surface area contributed by atoms with Crippen molar-refractivity contribution in [1.29, 1.82) is 0 Å². The van der Waals surface area contributed by atoms with Crippen molar-refractivity contribution in [3.05, 3.63) is 35.5 Å². The van der Waals surface area contributed by atoms with Crippen LogP contribution in [0.2, 0.25) is 0 Å². The minimum atomic E-state index is -4.36. The molecule has 0 saturated carbocycles. The third-order valence-corrected chi connectivity index (χ3v) is 6.41. The standard InChI is InChI=1S/C23H29F3N4O2/c24-23(25,26)15-30-20-13-17(2-1-16-5-9-27-10-6-16)3-4-19(20)22(28-30)18-7-11-29(12-8-18)14-21(31)32/h1-4,13,16,18,27H,5-12,14-15H2,(H,31,32). The van der Waals surface area contributed by atoms with Crippen LogP contribution in [0.4, 0.5) is 13.2 Å². The number of carboxylic acids is 1. The van der Waals surface area contributed by atoms with Crippen LogP contribution in [0.15, 0.2) is 24.3 Å². The molecule has 6 nitrogen and oxygen atoms in total. The summed E-state index contributed by atoms with van der Waals surface area (Å²) in [6.45, 7) is 2.04. The Hall–Kier alpha value is -2.39. The Morgan fingerprint density at radius 1 is 1.19 bits per heavy atom. The number of carbonyl (C=O) groups is 1. The zero-order valence-corrected chi connectivity index (χ0v) is 17.9. The van der Waals surface area contributed by atoms with Crippen LogP contribution in [0, 0.1) is 5.92 Å². The van der Waals surface area contributed by atoms with Gasteiger partial charge in [-0.1, -0.05) is 24.3 Å². The molecule has 0 spiro atoms. The molecule has 2 saturated heterocycles. The average molecular weight is 451 g/mol. The van der Waals surface area contributed by atoms with Crippen LogP contribution in [0.5, 0.6) is 0 Å². The molecule has 3 heterocycles. The van der Waals surface area contributed by atoms with Gasteiger partial charge in [0.1, 0.15) is 6.54 Å². The minimum absolute atomic E-state index is 0.0112. The number of carboxylic acid groups (broad SMARTS) is 1. The largest absolute Gasteiger partial charge is 0.480 e. The number of fused-ring (bicyclic) bond motifs is 1. The summed E-state index contributed by atoms with van der Waals surface area (Å²) >= 11 is 0. The van der Waals surface area contributed by atoms with Crippen LogP contribution in [0.25, 0.3) is 17.0 Å². The molecule has 1 aromatic heterocycles. The molecule has 1 aromatic carbocycles. The van der Waals surface area contributed by atoms with Crippen LogP contribution < -0.4 is 5.32 Å². The van der Waals surface area contributed by atoms with Gasteiger partial charge >= 0.3 is 12.1 Å². The molecule has 4 rings (SSSR count). The lowest BCUT2D eigenvalue weighted by atomic mass is 9.91. The quantitative estimate of drug-likeness (QED) is 0.699. The highest BCUT2D eigenvalue weighted by Gasteiger charge is 2.32. The number of nitrogens with zero attached hydrogens (tertiary/aromatic N) is 3. The van der Waals surface area contributed by atoms with Crippen molar-refractivity contribution in [3.63, 3.8) is 0 Å². The van der Waals surface area contributed by atoms with Gasteiger partial charge in [0.05, 0.1) is 17.8 Å². The average Bonchev–Trinajstić information content (AvgIpc) is 3.09. The second kappa shape index (κ2) is 9.62. The van der Waals surface area contributed by atoms with E-state index in [2.05, 4.69) is 16.5 Å². The number of halogens is 3. The molecule has 2 fully saturated rings. The van der Waals surface area contributed by atoms with Gasteiger partial charge in [-0.15, -0.1) is 0 Å². The summed E-state index contributed by atoms with van der Waals surface area (Å²) in [4.78, 5) is 12.8. The molecule has 0 bridgehead atoms. The van der Waals surface area contributed by atoms with Gasteiger partial charge < -0.3 is 10.4 Å². The summed E-state index contributed by atoms with van der Waals surface area (Å²) in [6, 6.07) is 5.63. The number of likely N-dealkylation sites (tertiary alicyclic amines) is 1. The molecule has 0 radical (unpaired) electrons. The van der Waals surface area contributed by atoms with E-state index in [0.717, 1.165) is 41.6 Å². The summed E-state index contributed by atoms with van der Waals surface area (Å²) in [7, 11) is 0. The van der Waals surface area contributed by atoms with Crippen molar-refractivity contribution in [2.75, 3.05) is 32.7 Å². The maximum absolute atomic E-state index is 13.2. The first kappa shape index (κ1) is 22.8. The Kier molecular flexibility index (Phi) is 6.85. The van der Waals surface area contributed by atoms with Crippen molar-refractivity contribution >= 4 is 22.9 Å². The van der Waals surface area contributed by atoms with Gasteiger partial charge in [-0.05, 0) is 69.4 Å². The molecule has 0 aliphatic carbocycles. The molecular formula is C23H29F3N4O2. The lowest BCUT2D eigenvalue weighted by molar-refractivity contribution is -0.142. The molecule has 0 amide bonds. The fourth-order valence-corrected chi connectivity index (χ4v) is 4.75. The number of rotatable bonds is 6. The number of aromatic nitrogens is 2. The van der Waals surface area contributed by atoms with Crippen molar-refractivity contribution in [2.45, 2.75) is 44.3 Å². The maximum Gasteiger partial charge on any atom is 0.408 e. The fraction of sp³-hybridized carbons (Fsp3) is 0.565. The van der Waals surface area contributed by atoms with Gasteiger partial charge in [-0.25, -0.2) is 0 Å². The maximum atomic E-state index is 13.2. The molecule has 2 aliphatic heterocycles. The molecular weight excluding hydrogens is 421 g/mol. The monoisotopic (exact) mass is 450 g/mol. The lowest BCUT2D eigenvalue weighted by Crippen LogP contribution is -2.36. The SMILES string of the molecule is O=C(O)CN1CCC(c2nn(CC(F)(F)F)c3cc(C=CC4CCNCC4)ccc23)CC1. The van der Waals surface area contributed by atoms with E-state index in [1.54, 1.807) is 6.07 Å². The summed E-state index contributed by atoms with van der Waals surface area (Å²) in [6.07, 6.45) is 3.30. The molecule has 32 heavy (non-hydrogen) atoms. The first-order chi connectivity index (χ1) is 15.3. The third kappa shape index (κ3) is 5.69. The van der Waals surface area contributed by atoms with E-state index in [4.69, 9.17) is 5.11 Å². The summed E-state index contributed by atoms with van der Waals surface area (Å²) in [5.41, 5.74) is 2.06. The predicted molar refractivity (Wildman–Crippen MR) is 116 cm³/mol.